The Morgan fingerprint density at radius 1 is 0.493 bits per heavy atom. The summed E-state index contributed by atoms with van der Waals surface area (Å²) in [7, 11) is 6.98. The number of aliphatic hydroxyl groups is 1. The van der Waals surface area contributed by atoms with Crippen molar-refractivity contribution in [2.45, 2.75) is 107 Å². The number of azo groups is 2. The molecule has 16 aromatic rings. The number of carbonyl (C=O) groups is 2. The van der Waals surface area contributed by atoms with E-state index in [1.807, 2.05) is 62.0 Å². The lowest BCUT2D eigenvalue weighted by atomic mass is 9.97. The summed E-state index contributed by atoms with van der Waals surface area (Å²) in [5.74, 6) is 2.56. The molecule has 0 fully saturated rings. The lowest BCUT2D eigenvalue weighted by Crippen LogP contribution is -2.25. The first-order valence-corrected chi connectivity index (χ1v) is 43.3. The number of hydrogen-bond donors (Lipinski definition) is 5. The second kappa shape index (κ2) is 40.8. The van der Waals surface area contributed by atoms with Gasteiger partial charge in [-0.05, 0) is 193 Å². The number of nitrogens with zero attached hydrogens (tertiary/aromatic N) is 18. The van der Waals surface area contributed by atoms with Gasteiger partial charge in [0.25, 0.3) is 17.6 Å². The second-order valence-electron chi connectivity index (χ2n) is 36.1. The van der Waals surface area contributed by atoms with E-state index in [9.17, 15) is 54.2 Å². The van der Waals surface area contributed by atoms with Crippen LogP contribution >= 0.6 is 0 Å². The number of hydrogen-bond acceptors (Lipinski definition) is 21. The molecule has 26 nitrogen and oxygen atoms in total. The molecule has 9 aromatic carbocycles. The lowest BCUT2D eigenvalue weighted by Gasteiger charge is -2.19. The number of nitrogens with one attached hydrogen (secondary N) is 4. The Morgan fingerprint density at radius 3 is 1.44 bits per heavy atom. The number of imidazole rings is 3. The zero-order chi connectivity index (χ0) is 97.3. The number of aliphatic hydroxyl groups excluding tert-OH is 1. The third-order valence-corrected chi connectivity index (χ3v) is 21.2. The maximum Gasteiger partial charge on any atom is 0.416 e. The van der Waals surface area contributed by atoms with Crippen LogP contribution < -0.4 is 21.3 Å². The van der Waals surface area contributed by atoms with Gasteiger partial charge in [-0.1, -0.05) is 134 Å². The molecule has 2 atom stereocenters. The highest BCUT2D eigenvalue weighted by atomic mass is 19.4. The zero-order valence-corrected chi connectivity index (χ0v) is 77.0. The van der Waals surface area contributed by atoms with E-state index < -0.39 is 41.2 Å². The van der Waals surface area contributed by atoms with Gasteiger partial charge in [-0.2, -0.15) is 45.7 Å². The lowest BCUT2D eigenvalue weighted by molar-refractivity contribution is -0.538. The van der Waals surface area contributed by atoms with Crippen LogP contribution in [0, 0.1) is 33.7 Å². The fraction of sp³-hybridized carbons (Fsp3) is 0.257. The van der Waals surface area contributed by atoms with Crippen LogP contribution in [0.4, 0.5) is 74.7 Å². The van der Waals surface area contributed by atoms with E-state index >= 15 is 0 Å². The number of carbonyl (C=O) groups excluding carboxylic acids is 2. The second-order valence-corrected chi connectivity index (χ2v) is 36.1. The van der Waals surface area contributed by atoms with Gasteiger partial charge in [0.05, 0.1) is 69.5 Å². The third-order valence-electron chi connectivity index (χ3n) is 21.2. The van der Waals surface area contributed by atoms with Crippen LogP contribution in [0.3, 0.4) is 0 Å². The molecule has 35 heteroatoms. The number of aldehydes is 1. The molecule has 1 amide bonds. The van der Waals surface area contributed by atoms with Gasteiger partial charge in [0.2, 0.25) is 23.8 Å². The summed E-state index contributed by atoms with van der Waals surface area (Å²) in [6.07, 6.45) is -1.74. The minimum Gasteiger partial charge on any atom is -0.392 e. The van der Waals surface area contributed by atoms with E-state index in [2.05, 4.69) is 152 Å². The SMILES string of the molecule is CC(C)(C)CNc1nccc(-n2c(-c3cccc(C(F)(F)F)c3)nc3cc(C=O)ccc32)n1.CC(C)(C)CNc1nccc(-n2c(-c3cccc(C(F)(F)F)c3)nc3cc(CO)ccc32)n1.CN(C)Cc1ccc2c(c1)nc(-c1ccc(F)cc1)n2-c1ccnc(NCC(C)(C)C)n1.CON(C)C(=O)c1ccc2c(c1)N=[N+](c1ccc(F)cc1F)C2c1ccnc(N[C@@H](C)c2ccccc2)n1. The quantitative estimate of drug-likeness (QED) is 0.0172. The molecule has 8 heterocycles. The number of aromatic nitrogens is 14. The van der Waals surface area contributed by atoms with Crippen LogP contribution in [0.25, 0.3) is 84.7 Å². The van der Waals surface area contributed by atoms with Crippen LogP contribution in [-0.2, 0) is 30.3 Å². The molecule has 700 valence electrons. The first kappa shape index (κ1) is 96.9. The van der Waals surface area contributed by atoms with Crippen LogP contribution in [0.15, 0.2) is 248 Å². The van der Waals surface area contributed by atoms with Crippen molar-refractivity contribution in [3.05, 3.63) is 311 Å². The average Bonchev–Trinajstić information content (AvgIpc) is 1.53. The Morgan fingerprint density at radius 2 is 0.963 bits per heavy atom. The predicted octanol–water partition coefficient (Wildman–Crippen LogP) is 22.5. The predicted molar refractivity (Wildman–Crippen MR) is 505 cm³/mol. The van der Waals surface area contributed by atoms with Crippen molar-refractivity contribution >= 4 is 80.5 Å². The van der Waals surface area contributed by atoms with Gasteiger partial charge in [0.15, 0.2) is 5.82 Å². The minimum atomic E-state index is -4.49. The van der Waals surface area contributed by atoms with Crippen molar-refractivity contribution in [1.29, 1.82) is 0 Å². The average molecular weight is 1860 g/mol. The maximum atomic E-state index is 14.9. The van der Waals surface area contributed by atoms with Gasteiger partial charge in [0.1, 0.15) is 64.2 Å². The topological polar surface area (TPSA) is 290 Å². The summed E-state index contributed by atoms with van der Waals surface area (Å²) in [4.78, 5) is 81.0. The number of halogens is 9. The van der Waals surface area contributed by atoms with Gasteiger partial charge in [-0.3, -0.25) is 28.1 Å². The fourth-order valence-electron chi connectivity index (χ4n) is 14.6. The Labute approximate surface area is 778 Å². The molecule has 136 heavy (non-hydrogen) atoms. The van der Waals surface area contributed by atoms with Crippen molar-refractivity contribution < 1.29 is 63.7 Å². The highest BCUT2D eigenvalue weighted by molar-refractivity contribution is 5.95. The fourth-order valence-corrected chi connectivity index (χ4v) is 14.6. The molecule has 1 aliphatic rings. The van der Waals surface area contributed by atoms with Gasteiger partial charge in [-0.15, -0.1) is 0 Å². The van der Waals surface area contributed by atoms with Crippen molar-refractivity contribution in [2.75, 3.05) is 69.2 Å². The first-order chi connectivity index (χ1) is 64.6. The van der Waals surface area contributed by atoms with Crippen LogP contribution in [-0.4, -0.2) is 148 Å². The van der Waals surface area contributed by atoms with Crippen molar-refractivity contribution in [2.24, 2.45) is 21.4 Å². The molecular formula is C101H100F9N22O4+. The van der Waals surface area contributed by atoms with Gasteiger partial charge >= 0.3 is 12.4 Å². The summed E-state index contributed by atoms with van der Waals surface area (Å²) in [5, 5.41) is 28.2. The Bertz CT molecular complexity index is 7030. The Hall–Kier alpha value is -15.1. The van der Waals surface area contributed by atoms with Gasteiger partial charge < -0.3 is 31.3 Å². The van der Waals surface area contributed by atoms with E-state index in [1.54, 1.807) is 131 Å². The minimum absolute atomic E-state index is 0.00447. The van der Waals surface area contributed by atoms with Crippen molar-refractivity contribution in [1.82, 2.24) is 78.5 Å². The highest BCUT2D eigenvalue weighted by Gasteiger charge is 2.42. The monoisotopic (exact) mass is 1860 g/mol. The summed E-state index contributed by atoms with van der Waals surface area (Å²) in [6.45, 7) is 23.6. The Balaban J connectivity index is 0.000000145. The van der Waals surface area contributed by atoms with E-state index in [0.29, 0.717) is 134 Å². The molecule has 1 aliphatic heterocycles. The van der Waals surface area contributed by atoms with E-state index in [0.717, 1.165) is 70.6 Å². The number of rotatable bonds is 23. The summed E-state index contributed by atoms with van der Waals surface area (Å²) in [6, 6.07) is 57.3. The molecule has 0 saturated heterocycles. The number of anilines is 4. The van der Waals surface area contributed by atoms with Crippen molar-refractivity contribution in [3.8, 4) is 51.6 Å². The smallest absolute Gasteiger partial charge is 0.392 e. The molecule has 0 radical (unpaired) electrons. The number of amides is 1. The maximum absolute atomic E-state index is 14.9. The zero-order valence-electron chi connectivity index (χ0n) is 77.0. The summed E-state index contributed by atoms with van der Waals surface area (Å²) in [5.41, 5.74) is 9.45. The molecule has 5 N–H and O–H groups in total. The molecule has 17 rings (SSSR count). The molecule has 7 aromatic heterocycles. The molecule has 1 unspecified atom stereocenters. The Kier molecular flexibility index (Phi) is 29.1. The van der Waals surface area contributed by atoms with E-state index in [1.165, 1.54) is 60.8 Å². The third kappa shape index (κ3) is 23.7. The van der Waals surface area contributed by atoms with E-state index in [4.69, 9.17) is 19.8 Å². The van der Waals surface area contributed by atoms with E-state index in [-0.39, 0.29) is 57.7 Å². The molecular weight excluding hydrogens is 1760 g/mol. The number of benzene rings is 9. The number of alkyl halides is 6. The van der Waals surface area contributed by atoms with Crippen LogP contribution in [0.2, 0.25) is 0 Å². The molecule has 0 aliphatic carbocycles. The number of hydroxylamine groups is 2. The first-order valence-electron chi connectivity index (χ1n) is 43.3. The molecule has 0 saturated carbocycles. The largest absolute Gasteiger partial charge is 0.416 e. The number of fused-ring (bicyclic) bond motifs is 4. The van der Waals surface area contributed by atoms with Gasteiger partial charge in [0, 0.05) is 103 Å². The summed E-state index contributed by atoms with van der Waals surface area (Å²) < 4.78 is 129. The molecule has 0 bridgehead atoms. The van der Waals surface area contributed by atoms with Gasteiger partial charge in [-0.25, -0.2) is 53.7 Å². The normalized spacial score (nSPS) is 12.9. The summed E-state index contributed by atoms with van der Waals surface area (Å²) >= 11 is 0. The van der Waals surface area contributed by atoms with Crippen LogP contribution in [0.5, 0.6) is 0 Å². The highest BCUT2D eigenvalue weighted by Crippen LogP contribution is 2.45. The van der Waals surface area contributed by atoms with Crippen LogP contribution in [0.1, 0.15) is 141 Å². The van der Waals surface area contributed by atoms with Crippen molar-refractivity contribution in [3.63, 3.8) is 0 Å². The standard InChI is InChI=1S/C28H25F2N6O2.C25H29FN6.C24H24F3N5O.C24H22F3N5O/c1-17(18-7-5-4-6-8-18)32-28-31-14-13-23(33-28)26-21-11-9-19(27(37)35(2)38-3)15-24(21)34-36(26)25-12-10-20(29)16-22(25)30;1-25(2,3)16-28-24-27-13-12-22(30-24)32-21-11-6-17(15-31(4)5)14-20(21)29-23(32)18-7-9-19(26)10-8-18;2*1-23(2,3)14-29-22-28-10-9-20(31-22)32-19-8-7-15(13-33)11-18(19)30-21(32)16-5-4-6-17(12-16)24(25,26)27/h4-17,26H,1-3H3,(H,31,32,33);6-14H,15-16H2,1-5H3,(H,27,28,30);4-12,33H,13-14H2,1-3H3,(H,28,29,31);4-13H,14H2,1-3H3,(H,28,29,31)/q+1;;;/t17-,26?;;;/m0.../s1. The molecule has 0 spiro atoms.